The van der Waals surface area contributed by atoms with Crippen molar-refractivity contribution in [3.63, 3.8) is 0 Å². The van der Waals surface area contributed by atoms with Crippen molar-refractivity contribution in [1.29, 1.82) is 0 Å². The van der Waals surface area contributed by atoms with Gasteiger partial charge in [0, 0.05) is 13.0 Å². The average molecular weight is 141 g/mol. The zero-order chi connectivity index (χ0) is 7.56. The van der Waals surface area contributed by atoms with Gasteiger partial charge in [-0.1, -0.05) is 13.3 Å². The molecule has 0 radical (unpaired) electrons. The zero-order valence-corrected chi connectivity index (χ0v) is 6.68. The van der Waals surface area contributed by atoms with Crippen molar-refractivity contribution >= 4 is 5.91 Å². The molecular weight excluding hydrogens is 126 g/mol. The van der Waals surface area contributed by atoms with Crippen LogP contribution in [0, 0.1) is 5.92 Å². The summed E-state index contributed by atoms with van der Waals surface area (Å²) in [5, 5.41) is 2.95. The fourth-order valence-electron chi connectivity index (χ4n) is 1.62. The molecule has 1 rings (SSSR count). The van der Waals surface area contributed by atoms with Gasteiger partial charge < -0.3 is 5.32 Å². The van der Waals surface area contributed by atoms with Crippen LogP contribution in [0.2, 0.25) is 0 Å². The second-order valence-corrected chi connectivity index (χ2v) is 3.22. The highest BCUT2D eigenvalue weighted by atomic mass is 16.1. The van der Waals surface area contributed by atoms with Gasteiger partial charge in [0.25, 0.3) is 0 Å². The topological polar surface area (TPSA) is 29.1 Å². The van der Waals surface area contributed by atoms with Crippen LogP contribution in [0.15, 0.2) is 0 Å². The lowest BCUT2D eigenvalue weighted by Crippen LogP contribution is -2.34. The molecule has 0 aromatic carbocycles. The van der Waals surface area contributed by atoms with Gasteiger partial charge in [-0.15, -0.1) is 0 Å². The van der Waals surface area contributed by atoms with E-state index in [2.05, 4.69) is 12.2 Å². The maximum absolute atomic E-state index is 10.6. The van der Waals surface area contributed by atoms with Gasteiger partial charge in [-0.05, 0) is 18.8 Å². The highest BCUT2D eigenvalue weighted by Crippen LogP contribution is 2.24. The summed E-state index contributed by atoms with van der Waals surface area (Å²) in [6, 6.07) is 0.456. The monoisotopic (exact) mass is 141 g/mol. The third-order valence-electron chi connectivity index (χ3n) is 2.25. The molecule has 2 atom stereocenters. The van der Waals surface area contributed by atoms with E-state index >= 15 is 0 Å². The molecule has 2 heteroatoms. The van der Waals surface area contributed by atoms with E-state index in [0.717, 1.165) is 0 Å². The van der Waals surface area contributed by atoms with Gasteiger partial charge in [-0.2, -0.15) is 0 Å². The van der Waals surface area contributed by atoms with E-state index in [9.17, 15) is 4.79 Å². The SMILES string of the molecule is CC(=O)N[C@H]1CCC[C@H]1C. The molecule has 10 heavy (non-hydrogen) atoms. The molecule has 1 aliphatic carbocycles. The maximum Gasteiger partial charge on any atom is 0.217 e. The van der Waals surface area contributed by atoms with Crippen molar-refractivity contribution in [2.75, 3.05) is 0 Å². The van der Waals surface area contributed by atoms with Gasteiger partial charge in [0.2, 0.25) is 5.91 Å². The Balaban J connectivity index is 2.33. The van der Waals surface area contributed by atoms with Crippen LogP contribution < -0.4 is 5.32 Å². The van der Waals surface area contributed by atoms with Crippen LogP contribution >= 0.6 is 0 Å². The van der Waals surface area contributed by atoms with Gasteiger partial charge in [0.05, 0.1) is 0 Å². The zero-order valence-electron chi connectivity index (χ0n) is 6.68. The minimum atomic E-state index is 0.110. The van der Waals surface area contributed by atoms with Crippen LogP contribution in [0.3, 0.4) is 0 Å². The van der Waals surface area contributed by atoms with Gasteiger partial charge in [0.15, 0.2) is 0 Å². The molecule has 0 saturated heterocycles. The van der Waals surface area contributed by atoms with Gasteiger partial charge >= 0.3 is 0 Å². The Morgan fingerprint density at radius 2 is 2.20 bits per heavy atom. The van der Waals surface area contributed by atoms with Crippen LogP contribution in [0.1, 0.15) is 33.1 Å². The van der Waals surface area contributed by atoms with Gasteiger partial charge in [-0.25, -0.2) is 0 Å². The van der Waals surface area contributed by atoms with Crippen molar-refractivity contribution in [2.45, 2.75) is 39.2 Å². The summed E-state index contributed by atoms with van der Waals surface area (Å²) in [5.41, 5.74) is 0. The number of carbonyl (C=O) groups is 1. The second kappa shape index (κ2) is 3.04. The van der Waals surface area contributed by atoms with Crippen LogP contribution in [-0.2, 0) is 4.79 Å². The van der Waals surface area contributed by atoms with Gasteiger partial charge in [-0.3, -0.25) is 4.79 Å². The smallest absolute Gasteiger partial charge is 0.217 e. The molecule has 1 amide bonds. The molecule has 0 bridgehead atoms. The number of rotatable bonds is 1. The van der Waals surface area contributed by atoms with Gasteiger partial charge in [0.1, 0.15) is 0 Å². The standard InChI is InChI=1S/C8H15NO/c1-6-4-3-5-8(6)9-7(2)10/h6,8H,3-5H2,1-2H3,(H,9,10)/t6-,8+/m1/s1. The summed E-state index contributed by atoms with van der Waals surface area (Å²) in [6.45, 7) is 3.79. The summed E-state index contributed by atoms with van der Waals surface area (Å²) in [7, 11) is 0. The van der Waals surface area contributed by atoms with E-state index in [1.807, 2.05) is 0 Å². The fraction of sp³-hybridized carbons (Fsp3) is 0.875. The molecule has 1 fully saturated rings. The Kier molecular flexibility index (Phi) is 2.30. The summed E-state index contributed by atoms with van der Waals surface area (Å²) >= 11 is 0. The third kappa shape index (κ3) is 1.72. The third-order valence-corrected chi connectivity index (χ3v) is 2.25. The molecule has 58 valence electrons. The molecule has 1 aliphatic rings. The molecule has 0 aromatic heterocycles. The number of hydrogen-bond donors (Lipinski definition) is 1. The van der Waals surface area contributed by atoms with Crippen molar-refractivity contribution in [3.8, 4) is 0 Å². The minimum Gasteiger partial charge on any atom is -0.353 e. The summed E-state index contributed by atoms with van der Waals surface area (Å²) < 4.78 is 0. The number of hydrogen-bond acceptors (Lipinski definition) is 1. The summed E-state index contributed by atoms with van der Waals surface area (Å²) in [4.78, 5) is 10.6. The number of carbonyl (C=O) groups excluding carboxylic acids is 1. The number of amides is 1. The number of nitrogens with one attached hydrogen (secondary N) is 1. The average Bonchev–Trinajstić information content (AvgIpc) is 2.15. The highest BCUT2D eigenvalue weighted by Gasteiger charge is 2.23. The predicted molar refractivity (Wildman–Crippen MR) is 40.6 cm³/mol. The van der Waals surface area contributed by atoms with Crippen molar-refractivity contribution < 1.29 is 4.79 Å². The molecule has 0 unspecified atom stereocenters. The molecule has 0 spiro atoms. The van der Waals surface area contributed by atoms with Crippen molar-refractivity contribution in [2.24, 2.45) is 5.92 Å². The Bertz CT molecular complexity index is 133. The first kappa shape index (κ1) is 7.58. The van der Waals surface area contributed by atoms with E-state index < -0.39 is 0 Å². The first-order valence-corrected chi connectivity index (χ1v) is 3.97. The summed E-state index contributed by atoms with van der Waals surface area (Å²) in [6.07, 6.45) is 3.71. The molecule has 0 heterocycles. The first-order chi connectivity index (χ1) is 4.70. The van der Waals surface area contributed by atoms with Crippen LogP contribution in [0.25, 0.3) is 0 Å². The van der Waals surface area contributed by atoms with Crippen molar-refractivity contribution in [3.05, 3.63) is 0 Å². The minimum absolute atomic E-state index is 0.110. The normalized spacial score (nSPS) is 32.2. The van der Waals surface area contributed by atoms with E-state index in [4.69, 9.17) is 0 Å². The lowest BCUT2D eigenvalue weighted by Gasteiger charge is -2.15. The second-order valence-electron chi connectivity index (χ2n) is 3.22. The molecule has 0 aromatic rings. The Morgan fingerprint density at radius 1 is 1.50 bits per heavy atom. The lowest BCUT2D eigenvalue weighted by atomic mass is 10.1. The van der Waals surface area contributed by atoms with Crippen molar-refractivity contribution in [1.82, 2.24) is 5.32 Å². The lowest BCUT2D eigenvalue weighted by molar-refractivity contribution is -0.119. The molecule has 2 nitrogen and oxygen atoms in total. The largest absolute Gasteiger partial charge is 0.353 e. The van der Waals surface area contributed by atoms with E-state index in [0.29, 0.717) is 12.0 Å². The van der Waals surface area contributed by atoms with E-state index in [1.165, 1.54) is 19.3 Å². The van der Waals surface area contributed by atoms with Crippen LogP contribution in [0.5, 0.6) is 0 Å². The maximum atomic E-state index is 10.6. The molecule has 0 aliphatic heterocycles. The van der Waals surface area contributed by atoms with Crippen LogP contribution in [-0.4, -0.2) is 11.9 Å². The predicted octanol–water partition coefficient (Wildman–Crippen LogP) is 1.31. The quantitative estimate of drug-likeness (QED) is 0.586. The molecular formula is C8H15NO. The van der Waals surface area contributed by atoms with E-state index in [-0.39, 0.29) is 5.91 Å². The summed E-state index contributed by atoms with van der Waals surface area (Å²) in [5.74, 6) is 0.794. The molecule has 1 N–H and O–H groups in total. The molecule has 1 saturated carbocycles. The van der Waals surface area contributed by atoms with Crippen LogP contribution in [0.4, 0.5) is 0 Å². The Morgan fingerprint density at radius 3 is 2.60 bits per heavy atom. The van der Waals surface area contributed by atoms with E-state index in [1.54, 1.807) is 6.92 Å². The highest BCUT2D eigenvalue weighted by molar-refractivity contribution is 5.73. The Hall–Kier alpha value is -0.530. The first-order valence-electron chi connectivity index (χ1n) is 3.97. The Labute approximate surface area is 62.0 Å². The fourth-order valence-corrected chi connectivity index (χ4v) is 1.62.